The number of Topliss-reactive ketones (excluding diaryl/α,β-unsaturated/α-hetero) is 1. The highest BCUT2D eigenvalue weighted by Crippen LogP contribution is 2.24. The first kappa shape index (κ1) is 21.1. The molecule has 1 saturated heterocycles. The van der Waals surface area contributed by atoms with Crippen molar-refractivity contribution in [2.45, 2.75) is 40.0 Å². The van der Waals surface area contributed by atoms with Crippen LogP contribution in [-0.4, -0.2) is 36.3 Å². The van der Waals surface area contributed by atoms with Crippen LogP contribution in [0.1, 0.15) is 59.9 Å². The molecule has 4 nitrogen and oxygen atoms in total. The van der Waals surface area contributed by atoms with Crippen molar-refractivity contribution < 1.29 is 14.3 Å². The van der Waals surface area contributed by atoms with Crippen molar-refractivity contribution in [1.82, 2.24) is 4.90 Å². The Morgan fingerprint density at radius 2 is 1.72 bits per heavy atom. The summed E-state index contributed by atoms with van der Waals surface area (Å²) in [5.74, 6) is 1.52. The van der Waals surface area contributed by atoms with Gasteiger partial charge in [0.25, 0.3) is 5.91 Å². The van der Waals surface area contributed by atoms with Crippen LogP contribution < -0.4 is 4.74 Å². The van der Waals surface area contributed by atoms with Gasteiger partial charge in [-0.2, -0.15) is 0 Å². The molecule has 1 fully saturated rings. The molecule has 3 rings (SSSR count). The molecule has 0 N–H and O–H groups in total. The second-order valence-electron chi connectivity index (χ2n) is 8.19. The molecule has 2 aromatic carbocycles. The van der Waals surface area contributed by atoms with Gasteiger partial charge in [-0.3, -0.25) is 9.59 Å². The highest BCUT2D eigenvalue weighted by atomic mass is 16.5. The minimum Gasteiger partial charge on any atom is -0.494 e. The van der Waals surface area contributed by atoms with Crippen LogP contribution >= 0.6 is 0 Å². The number of amides is 1. The van der Waals surface area contributed by atoms with E-state index in [4.69, 9.17) is 4.74 Å². The van der Waals surface area contributed by atoms with E-state index in [1.54, 1.807) is 6.07 Å². The summed E-state index contributed by atoms with van der Waals surface area (Å²) in [6, 6.07) is 15.4. The van der Waals surface area contributed by atoms with Gasteiger partial charge >= 0.3 is 0 Å². The lowest BCUT2D eigenvalue weighted by Crippen LogP contribution is -2.40. The summed E-state index contributed by atoms with van der Waals surface area (Å²) >= 11 is 0. The van der Waals surface area contributed by atoms with Gasteiger partial charge in [0.15, 0.2) is 5.78 Å². The highest BCUT2D eigenvalue weighted by Gasteiger charge is 2.28. The average molecular weight is 394 g/mol. The van der Waals surface area contributed by atoms with Crippen molar-refractivity contribution >= 4 is 11.7 Å². The first-order valence-corrected chi connectivity index (χ1v) is 10.6. The van der Waals surface area contributed by atoms with E-state index in [1.807, 2.05) is 42.2 Å². The van der Waals surface area contributed by atoms with E-state index in [0.29, 0.717) is 49.8 Å². The summed E-state index contributed by atoms with van der Waals surface area (Å²) in [7, 11) is 0. The molecule has 1 aliphatic heterocycles. The Kier molecular flexibility index (Phi) is 7.08. The molecule has 0 unspecified atom stereocenters. The van der Waals surface area contributed by atoms with Crippen molar-refractivity contribution in [2.24, 2.45) is 11.8 Å². The molecule has 0 bridgehead atoms. The smallest absolute Gasteiger partial charge is 0.253 e. The van der Waals surface area contributed by atoms with Crippen LogP contribution in [0.15, 0.2) is 48.5 Å². The summed E-state index contributed by atoms with van der Waals surface area (Å²) < 4.78 is 5.50. The molecular formula is C25H31NO3. The summed E-state index contributed by atoms with van der Waals surface area (Å²) in [5, 5.41) is 0. The Balaban J connectivity index is 1.57. The number of carbonyl (C=O) groups is 2. The van der Waals surface area contributed by atoms with Gasteiger partial charge in [-0.25, -0.2) is 0 Å². The summed E-state index contributed by atoms with van der Waals surface area (Å²) in [4.78, 5) is 27.5. The maximum absolute atomic E-state index is 12.9. The topological polar surface area (TPSA) is 46.6 Å². The standard InChI is InChI=1S/C25H31NO3/c1-4-29-23-7-5-6-22(17-23)25(28)26-14-12-21(13-15-26)24(27)20-10-8-19(9-11-20)16-18(2)3/h5-11,17-18,21H,4,12-16H2,1-3H3. The zero-order valence-electron chi connectivity index (χ0n) is 17.7. The number of hydrogen-bond acceptors (Lipinski definition) is 3. The number of benzene rings is 2. The molecular weight excluding hydrogens is 362 g/mol. The van der Waals surface area contributed by atoms with Gasteiger partial charge in [-0.15, -0.1) is 0 Å². The minimum absolute atomic E-state index is 0.00948. The maximum atomic E-state index is 12.9. The second-order valence-corrected chi connectivity index (χ2v) is 8.19. The van der Waals surface area contributed by atoms with E-state index < -0.39 is 0 Å². The second kappa shape index (κ2) is 9.73. The first-order chi connectivity index (χ1) is 14.0. The van der Waals surface area contributed by atoms with Gasteiger partial charge in [-0.05, 0) is 55.9 Å². The van der Waals surface area contributed by atoms with Gasteiger partial charge in [0.05, 0.1) is 6.61 Å². The third-order valence-electron chi connectivity index (χ3n) is 5.43. The number of likely N-dealkylation sites (tertiary alicyclic amines) is 1. The van der Waals surface area contributed by atoms with Crippen LogP contribution in [0.4, 0.5) is 0 Å². The van der Waals surface area contributed by atoms with Crippen LogP contribution in [0.2, 0.25) is 0 Å². The lowest BCUT2D eigenvalue weighted by Gasteiger charge is -2.31. The molecule has 4 heteroatoms. The number of hydrogen-bond donors (Lipinski definition) is 0. The molecule has 0 spiro atoms. The van der Waals surface area contributed by atoms with Gasteiger partial charge < -0.3 is 9.64 Å². The van der Waals surface area contributed by atoms with Crippen LogP contribution in [0.5, 0.6) is 5.75 Å². The van der Waals surface area contributed by atoms with Crippen molar-refractivity contribution in [2.75, 3.05) is 19.7 Å². The number of carbonyl (C=O) groups excluding carboxylic acids is 2. The number of rotatable bonds is 7. The molecule has 154 valence electrons. The molecule has 0 saturated carbocycles. The first-order valence-electron chi connectivity index (χ1n) is 10.6. The van der Waals surface area contributed by atoms with Crippen molar-refractivity contribution in [3.05, 3.63) is 65.2 Å². The van der Waals surface area contributed by atoms with Gasteiger partial charge in [0.2, 0.25) is 0 Å². The number of nitrogens with zero attached hydrogens (tertiary/aromatic N) is 1. The number of ether oxygens (including phenoxy) is 1. The Labute approximate surface area is 173 Å². The Morgan fingerprint density at radius 1 is 1.03 bits per heavy atom. The third-order valence-corrected chi connectivity index (χ3v) is 5.43. The van der Waals surface area contributed by atoms with E-state index in [2.05, 4.69) is 26.0 Å². The van der Waals surface area contributed by atoms with E-state index in [-0.39, 0.29) is 17.6 Å². The predicted molar refractivity (Wildman–Crippen MR) is 116 cm³/mol. The van der Waals surface area contributed by atoms with Crippen molar-refractivity contribution in [1.29, 1.82) is 0 Å². The zero-order chi connectivity index (χ0) is 20.8. The van der Waals surface area contributed by atoms with Crippen molar-refractivity contribution in [3.63, 3.8) is 0 Å². The summed E-state index contributed by atoms with van der Waals surface area (Å²) in [6.45, 7) is 8.11. The fourth-order valence-electron chi connectivity index (χ4n) is 3.93. The molecule has 29 heavy (non-hydrogen) atoms. The largest absolute Gasteiger partial charge is 0.494 e. The Morgan fingerprint density at radius 3 is 2.34 bits per heavy atom. The van der Waals surface area contributed by atoms with Gasteiger partial charge in [-0.1, -0.05) is 44.2 Å². The number of ketones is 1. The Hall–Kier alpha value is -2.62. The van der Waals surface area contributed by atoms with E-state index >= 15 is 0 Å². The molecule has 2 aromatic rings. The predicted octanol–water partition coefficient (Wildman–Crippen LogP) is 5.02. The molecule has 0 radical (unpaired) electrons. The lowest BCUT2D eigenvalue weighted by atomic mass is 9.88. The fraction of sp³-hybridized carbons (Fsp3) is 0.440. The molecule has 1 amide bonds. The molecule has 0 aliphatic carbocycles. The molecule has 1 aliphatic rings. The molecule has 0 atom stereocenters. The maximum Gasteiger partial charge on any atom is 0.253 e. The van der Waals surface area contributed by atoms with Crippen LogP contribution in [0, 0.1) is 11.8 Å². The zero-order valence-corrected chi connectivity index (χ0v) is 17.7. The van der Waals surface area contributed by atoms with Gasteiger partial charge in [0.1, 0.15) is 5.75 Å². The normalized spacial score (nSPS) is 14.8. The summed E-state index contributed by atoms with van der Waals surface area (Å²) in [6.07, 6.45) is 2.45. The monoisotopic (exact) mass is 393 g/mol. The minimum atomic E-state index is -0.00948. The molecule has 0 aromatic heterocycles. The van der Waals surface area contributed by atoms with E-state index in [9.17, 15) is 9.59 Å². The fourth-order valence-corrected chi connectivity index (χ4v) is 3.93. The third kappa shape index (κ3) is 5.47. The summed E-state index contributed by atoms with van der Waals surface area (Å²) in [5.41, 5.74) is 2.69. The SMILES string of the molecule is CCOc1cccc(C(=O)N2CCC(C(=O)c3ccc(CC(C)C)cc3)CC2)c1. The van der Waals surface area contributed by atoms with Crippen LogP contribution in [0.3, 0.4) is 0 Å². The average Bonchev–Trinajstić information content (AvgIpc) is 2.73. The van der Waals surface area contributed by atoms with Gasteiger partial charge in [0, 0.05) is 30.1 Å². The van der Waals surface area contributed by atoms with Crippen LogP contribution in [0.25, 0.3) is 0 Å². The van der Waals surface area contributed by atoms with E-state index in [0.717, 1.165) is 12.0 Å². The highest BCUT2D eigenvalue weighted by molar-refractivity contribution is 5.98. The molecule has 1 heterocycles. The van der Waals surface area contributed by atoms with E-state index in [1.165, 1.54) is 5.56 Å². The quantitative estimate of drug-likeness (QED) is 0.621. The number of piperidine rings is 1. The van der Waals surface area contributed by atoms with Crippen LogP contribution in [-0.2, 0) is 6.42 Å². The Bertz CT molecular complexity index is 833. The lowest BCUT2D eigenvalue weighted by molar-refractivity contribution is 0.0650. The van der Waals surface area contributed by atoms with Crippen molar-refractivity contribution in [3.8, 4) is 5.75 Å².